The van der Waals surface area contributed by atoms with Gasteiger partial charge in [0.25, 0.3) is 0 Å². The van der Waals surface area contributed by atoms with E-state index in [2.05, 4.69) is 20.8 Å². The van der Waals surface area contributed by atoms with Gasteiger partial charge in [-0.3, -0.25) is 4.79 Å². The lowest BCUT2D eigenvalue weighted by molar-refractivity contribution is -0.148. The molecule has 0 spiro atoms. The van der Waals surface area contributed by atoms with Crippen molar-refractivity contribution >= 4 is 23.9 Å². The number of benzene rings is 3. The molecule has 11 heteroatoms. The molecular weight excluding hydrogens is 789 g/mol. The summed E-state index contributed by atoms with van der Waals surface area (Å²) in [5.74, 6) is -0.739. The highest BCUT2D eigenvalue weighted by Crippen LogP contribution is 2.25. The quantitative estimate of drug-likeness (QED) is 0.0337. The predicted octanol–water partition coefficient (Wildman–Crippen LogP) is 12.2. The van der Waals surface area contributed by atoms with Gasteiger partial charge in [-0.1, -0.05) is 112 Å². The van der Waals surface area contributed by atoms with Crippen molar-refractivity contribution in [3.8, 4) is 17.2 Å². The smallest absolute Gasteiger partial charge is 0.338 e. The molecule has 0 saturated carbocycles. The molecule has 0 radical (unpaired) electrons. The Morgan fingerprint density at radius 3 is 0.903 bits per heavy atom. The van der Waals surface area contributed by atoms with Crippen LogP contribution in [-0.2, 0) is 23.7 Å². The molecule has 0 aliphatic rings. The molecule has 3 aromatic carbocycles. The third-order valence-electron chi connectivity index (χ3n) is 9.93. The largest absolute Gasteiger partial charge is 0.494 e. The van der Waals surface area contributed by atoms with Gasteiger partial charge in [-0.15, -0.1) is 0 Å². The van der Waals surface area contributed by atoms with Crippen molar-refractivity contribution in [2.24, 2.45) is 5.41 Å². The lowest BCUT2D eigenvalue weighted by Gasteiger charge is -2.31. The van der Waals surface area contributed by atoms with Crippen LogP contribution >= 0.6 is 0 Å². The van der Waals surface area contributed by atoms with Gasteiger partial charge in [0, 0.05) is 6.92 Å². The molecule has 0 bridgehead atoms. The maximum atomic E-state index is 13.4. The van der Waals surface area contributed by atoms with E-state index >= 15 is 0 Å². The average molecular weight is 863 g/mol. The highest BCUT2D eigenvalue weighted by Gasteiger charge is 2.38. The molecule has 62 heavy (non-hydrogen) atoms. The third-order valence-corrected chi connectivity index (χ3v) is 9.93. The van der Waals surface area contributed by atoms with E-state index in [4.69, 9.17) is 33.2 Å². The summed E-state index contributed by atoms with van der Waals surface area (Å²) < 4.78 is 40.2. The standard InChI is InChI=1S/C49H68O11.C2H6/c1-5-8-11-14-17-32-54-43-26-20-40(21-27-43)46(51)58-36-49(35-57-39(4)50,37-59-47(52)41-22-28-44(29-23-41)55-33-18-15-12-9-6-2)38-60-48(53)42-24-30-45(31-25-42)56-34-19-16-13-10-7-3;1-2/h20-31H,5-19,32-38H2,1-4H3;1-2H3. The Balaban J connectivity index is 0.00000651. The maximum absolute atomic E-state index is 13.4. The number of carbonyl (C=O) groups excluding carboxylic acids is 4. The van der Waals surface area contributed by atoms with E-state index in [9.17, 15) is 19.2 Å². The molecule has 3 rings (SSSR count). The zero-order valence-corrected chi connectivity index (χ0v) is 38.5. The summed E-state index contributed by atoms with van der Waals surface area (Å²) >= 11 is 0. The van der Waals surface area contributed by atoms with E-state index in [1.165, 1.54) is 64.7 Å². The number of ether oxygens (including phenoxy) is 7. The molecular formula is C51H74O11. The molecule has 0 fully saturated rings. The minimum absolute atomic E-state index is 0.257. The Bertz CT molecular complexity index is 1470. The van der Waals surface area contributed by atoms with Gasteiger partial charge in [0.2, 0.25) is 0 Å². The van der Waals surface area contributed by atoms with Crippen LogP contribution in [-0.4, -0.2) is 70.1 Å². The number of unbranched alkanes of at least 4 members (excludes halogenated alkanes) is 12. The summed E-state index contributed by atoms with van der Waals surface area (Å²) in [5.41, 5.74) is -0.693. The van der Waals surface area contributed by atoms with E-state index in [0.717, 1.165) is 38.5 Å². The Morgan fingerprint density at radius 2 is 0.645 bits per heavy atom. The summed E-state index contributed by atoms with van der Waals surface area (Å²) in [6.45, 7) is 11.9. The number of carbonyl (C=O) groups is 4. The Labute approximate surface area is 371 Å². The second kappa shape index (κ2) is 32.6. The Hall–Kier alpha value is -5.06. The highest BCUT2D eigenvalue weighted by atomic mass is 16.6. The molecule has 0 amide bonds. The van der Waals surface area contributed by atoms with Crippen molar-refractivity contribution in [2.75, 3.05) is 46.2 Å². The first-order valence-corrected chi connectivity index (χ1v) is 23.0. The van der Waals surface area contributed by atoms with E-state index in [0.29, 0.717) is 37.1 Å². The van der Waals surface area contributed by atoms with Gasteiger partial charge < -0.3 is 33.2 Å². The van der Waals surface area contributed by atoms with Crippen molar-refractivity contribution in [3.63, 3.8) is 0 Å². The van der Waals surface area contributed by atoms with E-state index < -0.39 is 49.1 Å². The lowest BCUT2D eigenvalue weighted by Crippen LogP contribution is -2.43. The van der Waals surface area contributed by atoms with Crippen molar-refractivity contribution in [1.29, 1.82) is 0 Å². The SMILES string of the molecule is CC.CCCCCCCOc1ccc(C(=O)OCC(COC(C)=O)(COC(=O)c2ccc(OCCCCCCC)cc2)COC(=O)c2ccc(OCCCCCCC)cc2)cc1. The monoisotopic (exact) mass is 863 g/mol. The number of hydrogen-bond donors (Lipinski definition) is 0. The van der Waals surface area contributed by atoms with E-state index in [1.807, 2.05) is 13.8 Å². The van der Waals surface area contributed by atoms with Gasteiger partial charge in [0.15, 0.2) is 0 Å². The van der Waals surface area contributed by atoms with E-state index in [-0.39, 0.29) is 23.3 Å². The summed E-state index contributed by atoms with van der Waals surface area (Å²) in [4.78, 5) is 52.2. The van der Waals surface area contributed by atoms with Gasteiger partial charge in [0.1, 0.15) is 49.1 Å². The molecule has 0 aromatic heterocycles. The lowest BCUT2D eigenvalue weighted by atomic mass is 9.92. The summed E-state index contributed by atoms with van der Waals surface area (Å²) in [6.07, 6.45) is 16.8. The normalized spacial score (nSPS) is 10.8. The zero-order valence-electron chi connectivity index (χ0n) is 38.5. The van der Waals surface area contributed by atoms with Crippen LogP contribution in [0.25, 0.3) is 0 Å². The van der Waals surface area contributed by atoms with Gasteiger partial charge in [-0.05, 0) is 92.1 Å². The molecule has 0 N–H and O–H groups in total. The van der Waals surface area contributed by atoms with Crippen LogP contribution in [0, 0.1) is 5.41 Å². The van der Waals surface area contributed by atoms with Crippen LogP contribution in [0.15, 0.2) is 72.8 Å². The zero-order chi connectivity index (χ0) is 45.3. The Kier molecular flexibility index (Phi) is 27.9. The molecule has 344 valence electrons. The molecule has 0 aliphatic heterocycles. The first-order valence-electron chi connectivity index (χ1n) is 23.0. The van der Waals surface area contributed by atoms with Crippen molar-refractivity contribution in [1.82, 2.24) is 0 Å². The predicted molar refractivity (Wildman–Crippen MR) is 243 cm³/mol. The molecule has 11 nitrogen and oxygen atoms in total. The summed E-state index contributed by atoms with van der Waals surface area (Å²) in [5, 5.41) is 0. The van der Waals surface area contributed by atoms with Gasteiger partial charge in [-0.2, -0.15) is 0 Å². The fourth-order valence-corrected chi connectivity index (χ4v) is 6.16. The molecule has 3 aromatic rings. The average Bonchev–Trinajstić information content (AvgIpc) is 3.30. The molecule has 0 saturated heterocycles. The fraction of sp³-hybridized carbons (Fsp3) is 0.569. The minimum atomic E-state index is -1.46. The van der Waals surface area contributed by atoms with Crippen LogP contribution in [0.4, 0.5) is 0 Å². The fourth-order valence-electron chi connectivity index (χ4n) is 6.16. The first kappa shape index (κ1) is 53.1. The second-order valence-corrected chi connectivity index (χ2v) is 15.4. The van der Waals surface area contributed by atoms with Crippen LogP contribution in [0.5, 0.6) is 17.2 Å². The Morgan fingerprint density at radius 1 is 0.387 bits per heavy atom. The van der Waals surface area contributed by atoms with E-state index in [1.54, 1.807) is 72.8 Å². The van der Waals surface area contributed by atoms with Crippen molar-refractivity contribution in [3.05, 3.63) is 89.5 Å². The number of esters is 4. The van der Waals surface area contributed by atoms with Crippen molar-refractivity contribution in [2.45, 2.75) is 138 Å². The van der Waals surface area contributed by atoms with Gasteiger partial charge >= 0.3 is 23.9 Å². The van der Waals surface area contributed by atoms with Gasteiger partial charge in [-0.25, -0.2) is 14.4 Å². The van der Waals surface area contributed by atoms with Crippen molar-refractivity contribution < 1.29 is 52.3 Å². The molecule has 0 heterocycles. The van der Waals surface area contributed by atoms with Crippen LogP contribution in [0.3, 0.4) is 0 Å². The molecule has 0 unspecified atom stereocenters. The minimum Gasteiger partial charge on any atom is -0.494 e. The van der Waals surface area contributed by atoms with Crippen LogP contribution < -0.4 is 14.2 Å². The third kappa shape index (κ3) is 22.2. The summed E-state index contributed by atoms with van der Waals surface area (Å²) in [7, 11) is 0. The highest BCUT2D eigenvalue weighted by molar-refractivity contribution is 5.90. The topological polar surface area (TPSA) is 133 Å². The maximum Gasteiger partial charge on any atom is 0.338 e. The summed E-state index contributed by atoms with van der Waals surface area (Å²) in [6, 6.07) is 19.8. The first-order chi connectivity index (χ1) is 30.2. The van der Waals surface area contributed by atoms with Crippen LogP contribution in [0.1, 0.15) is 169 Å². The van der Waals surface area contributed by atoms with Crippen LogP contribution in [0.2, 0.25) is 0 Å². The molecule has 0 aliphatic carbocycles. The number of hydrogen-bond acceptors (Lipinski definition) is 11. The number of rotatable bonds is 32. The van der Waals surface area contributed by atoms with Gasteiger partial charge in [0.05, 0.1) is 36.5 Å². The second-order valence-electron chi connectivity index (χ2n) is 15.4. The molecule has 0 atom stereocenters.